The standard InChI is InChI=1S/C13H18BrNO2/c1-17-13(16)11-6-7-15(9-11)8-10-2-4-12(14)5-3-10/h2,4-5,10-11H,3,6-9H2,1H3/t10?,11-/m0/s1. The second-order valence-corrected chi connectivity index (χ2v) is 5.63. The molecule has 0 amide bonds. The first-order chi connectivity index (χ1) is 8.19. The number of carbonyl (C=O) groups is 1. The van der Waals surface area contributed by atoms with E-state index in [1.807, 2.05) is 0 Å². The van der Waals surface area contributed by atoms with Crippen molar-refractivity contribution < 1.29 is 9.53 Å². The molecule has 2 rings (SSSR count). The lowest BCUT2D eigenvalue weighted by molar-refractivity contribution is -0.144. The van der Waals surface area contributed by atoms with Gasteiger partial charge in [-0.15, -0.1) is 0 Å². The van der Waals surface area contributed by atoms with Gasteiger partial charge in [-0.05, 0) is 25.3 Å². The lowest BCUT2D eigenvalue weighted by atomic mass is 10.0. The van der Waals surface area contributed by atoms with Crippen LogP contribution in [-0.2, 0) is 9.53 Å². The molecule has 0 bridgehead atoms. The minimum Gasteiger partial charge on any atom is -0.469 e. The molecule has 2 atom stereocenters. The molecule has 3 nitrogen and oxygen atoms in total. The number of methoxy groups -OCH3 is 1. The predicted octanol–water partition coefficient (Wildman–Crippen LogP) is 2.34. The number of ether oxygens (including phenoxy) is 1. The van der Waals surface area contributed by atoms with Gasteiger partial charge in [0, 0.05) is 17.6 Å². The van der Waals surface area contributed by atoms with Gasteiger partial charge >= 0.3 is 5.97 Å². The van der Waals surface area contributed by atoms with Crippen molar-refractivity contribution in [3.05, 3.63) is 22.7 Å². The summed E-state index contributed by atoms with van der Waals surface area (Å²) < 4.78 is 5.96. The van der Waals surface area contributed by atoms with Gasteiger partial charge in [-0.3, -0.25) is 4.79 Å². The summed E-state index contributed by atoms with van der Waals surface area (Å²) in [5.41, 5.74) is 0. The summed E-state index contributed by atoms with van der Waals surface area (Å²) in [7, 11) is 1.47. The molecule has 1 aliphatic heterocycles. The van der Waals surface area contributed by atoms with Crippen LogP contribution in [0.3, 0.4) is 0 Å². The van der Waals surface area contributed by atoms with Crippen molar-refractivity contribution >= 4 is 21.9 Å². The van der Waals surface area contributed by atoms with Gasteiger partial charge < -0.3 is 9.64 Å². The van der Waals surface area contributed by atoms with Crippen molar-refractivity contribution in [2.45, 2.75) is 12.8 Å². The van der Waals surface area contributed by atoms with Crippen LogP contribution in [0.5, 0.6) is 0 Å². The average Bonchev–Trinajstić information content (AvgIpc) is 2.80. The Balaban J connectivity index is 1.79. The number of nitrogens with zero attached hydrogens (tertiary/aromatic N) is 1. The van der Waals surface area contributed by atoms with Crippen molar-refractivity contribution in [1.82, 2.24) is 4.90 Å². The molecule has 0 aromatic carbocycles. The summed E-state index contributed by atoms with van der Waals surface area (Å²) in [4.78, 5) is 13.8. The fourth-order valence-corrected chi connectivity index (χ4v) is 2.80. The van der Waals surface area contributed by atoms with Gasteiger partial charge in [0.15, 0.2) is 0 Å². The quantitative estimate of drug-likeness (QED) is 0.749. The molecule has 2 aliphatic rings. The minimum absolute atomic E-state index is 0.0608. The second kappa shape index (κ2) is 5.83. The minimum atomic E-state index is -0.0608. The van der Waals surface area contributed by atoms with E-state index in [9.17, 15) is 4.79 Å². The molecule has 1 aliphatic carbocycles. The molecule has 1 heterocycles. The monoisotopic (exact) mass is 299 g/mol. The number of likely N-dealkylation sites (tertiary alicyclic amines) is 1. The molecule has 0 aromatic heterocycles. The summed E-state index contributed by atoms with van der Waals surface area (Å²) in [5.74, 6) is 0.594. The summed E-state index contributed by atoms with van der Waals surface area (Å²) in [6, 6.07) is 0. The Morgan fingerprint density at radius 2 is 2.47 bits per heavy atom. The van der Waals surface area contributed by atoms with Crippen LogP contribution in [0.15, 0.2) is 22.7 Å². The Hall–Kier alpha value is -0.610. The summed E-state index contributed by atoms with van der Waals surface area (Å²) in [5, 5.41) is 0. The van der Waals surface area contributed by atoms with E-state index in [1.165, 1.54) is 11.6 Å². The van der Waals surface area contributed by atoms with Gasteiger partial charge in [0.25, 0.3) is 0 Å². The number of hydrogen-bond acceptors (Lipinski definition) is 3. The van der Waals surface area contributed by atoms with Crippen LogP contribution >= 0.6 is 15.9 Å². The zero-order valence-corrected chi connectivity index (χ0v) is 11.6. The molecule has 0 saturated carbocycles. The molecule has 4 heteroatoms. The third-order valence-electron chi connectivity index (χ3n) is 3.44. The highest BCUT2D eigenvalue weighted by Gasteiger charge is 2.29. The van der Waals surface area contributed by atoms with E-state index in [0.717, 1.165) is 32.5 Å². The Morgan fingerprint density at radius 1 is 1.65 bits per heavy atom. The summed E-state index contributed by atoms with van der Waals surface area (Å²) >= 11 is 3.47. The van der Waals surface area contributed by atoms with E-state index in [2.05, 4.69) is 39.1 Å². The number of allylic oxidation sites excluding steroid dienone is 3. The zero-order valence-electron chi connectivity index (χ0n) is 10.1. The number of rotatable bonds is 3. The third-order valence-corrected chi connectivity index (χ3v) is 4.03. The van der Waals surface area contributed by atoms with Gasteiger partial charge in [-0.25, -0.2) is 0 Å². The summed E-state index contributed by atoms with van der Waals surface area (Å²) in [6.45, 7) is 2.90. The molecule has 94 valence electrons. The van der Waals surface area contributed by atoms with E-state index in [1.54, 1.807) is 0 Å². The lowest BCUT2D eigenvalue weighted by Crippen LogP contribution is -2.28. The van der Waals surface area contributed by atoms with Crippen molar-refractivity contribution in [3.63, 3.8) is 0 Å². The van der Waals surface area contributed by atoms with Crippen LogP contribution in [-0.4, -0.2) is 37.6 Å². The molecule has 0 spiro atoms. The molecule has 1 saturated heterocycles. The Bertz CT molecular complexity index is 351. The number of carbonyl (C=O) groups excluding carboxylic acids is 1. The number of hydrogen-bond donors (Lipinski definition) is 0. The van der Waals surface area contributed by atoms with E-state index in [0.29, 0.717) is 5.92 Å². The van der Waals surface area contributed by atoms with Crippen LogP contribution in [0.1, 0.15) is 12.8 Å². The van der Waals surface area contributed by atoms with Crippen molar-refractivity contribution in [3.8, 4) is 0 Å². The fraction of sp³-hybridized carbons (Fsp3) is 0.615. The van der Waals surface area contributed by atoms with E-state index < -0.39 is 0 Å². The Morgan fingerprint density at radius 3 is 3.12 bits per heavy atom. The molecule has 1 unspecified atom stereocenters. The SMILES string of the molecule is COC(=O)[C@H]1CCN(CC2C=CC(Br)=CC2)C1. The van der Waals surface area contributed by atoms with E-state index in [-0.39, 0.29) is 11.9 Å². The Kier molecular flexibility index (Phi) is 4.40. The highest BCUT2D eigenvalue weighted by atomic mass is 79.9. The highest BCUT2D eigenvalue weighted by Crippen LogP contribution is 2.24. The molecular formula is C13H18BrNO2. The highest BCUT2D eigenvalue weighted by molar-refractivity contribution is 9.11. The molecule has 0 N–H and O–H groups in total. The normalized spacial score (nSPS) is 29.2. The van der Waals surface area contributed by atoms with Gasteiger partial charge in [-0.2, -0.15) is 0 Å². The molecule has 0 aromatic rings. The van der Waals surface area contributed by atoms with Crippen LogP contribution in [0, 0.1) is 11.8 Å². The average molecular weight is 300 g/mol. The number of halogens is 1. The summed E-state index contributed by atoms with van der Waals surface area (Å²) in [6.07, 6.45) is 8.58. The fourth-order valence-electron chi connectivity index (χ4n) is 2.46. The smallest absolute Gasteiger partial charge is 0.310 e. The van der Waals surface area contributed by atoms with Crippen LogP contribution < -0.4 is 0 Å². The third kappa shape index (κ3) is 3.42. The van der Waals surface area contributed by atoms with Crippen molar-refractivity contribution in [2.24, 2.45) is 11.8 Å². The predicted molar refractivity (Wildman–Crippen MR) is 70.8 cm³/mol. The van der Waals surface area contributed by atoms with Gasteiger partial charge in [0.05, 0.1) is 13.0 Å². The first-order valence-corrected chi connectivity index (χ1v) is 6.82. The zero-order chi connectivity index (χ0) is 12.3. The molecule has 17 heavy (non-hydrogen) atoms. The van der Waals surface area contributed by atoms with Gasteiger partial charge in [-0.1, -0.05) is 34.2 Å². The van der Waals surface area contributed by atoms with Crippen LogP contribution in [0.25, 0.3) is 0 Å². The first kappa shape index (κ1) is 12.8. The second-order valence-electron chi connectivity index (χ2n) is 4.71. The van der Waals surface area contributed by atoms with Crippen molar-refractivity contribution in [2.75, 3.05) is 26.7 Å². The van der Waals surface area contributed by atoms with Gasteiger partial charge in [0.1, 0.15) is 0 Å². The van der Waals surface area contributed by atoms with Crippen molar-refractivity contribution in [1.29, 1.82) is 0 Å². The molecular weight excluding hydrogens is 282 g/mol. The van der Waals surface area contributed by atoms with E-state index in [4.69, 9.17) is 4.74 Å². The maximum atomic E-state index is 11.4. The maximum absolute atomic E-state index is 11.4. The Labute approximate surface area is 111 Å². The maximum Gasteiger partial charge on any atom is 0.310 e. The van der Waals surface area contributed by atoms with Gasteiger partial charge in [0.2, 0.25) is 0 Å². The largest absolute Gasteiger partial charge is 0.469 e. The number of esters is 1. The van der Waals surface area contributed by atoms with E-state index >= 15 is 0 Å². The topological polar surface area (TPSA) is 29.5 Å². The van der Waals surface area contributed by atoms with Crippen LogP contribution in [0.4, 0.5) is 0 Å². The first-order valence-electron chi connectivity index (χ1n) is 6.03. The molecule has 1 fully saturated rings. The lowest BCUT2D eigenvalue weighted by Gasteiger charge is -2.22. The molecule has 0 radical (unpaired) electrons. The van der Waals surface area contributed by atoms with Crippen LogP contribution in [0.2, 0.25) is 0 Å².